The normalized spacial score (nSPS) is 12.1. The van der Waals surface area contributed by atoms with E-state index in [1.807, 2.05) is 0 Å². The van der Waals surface area contributed by atoms with Crippen molar-refractivity contribution in [3.63, 3.8) is 0 Å². The molecule has 0 saturated heterocycles. The minimum absolute atomic E-state index is 0.0119. The van der Waals surface area contributed by atoms with Gasteiger partial charge in [0.05, 0.1) is 40.6 Å². The summed E-state index contributed by atoms with van der Waals surface area (Å²) in [5, 5.41) is 21.6. The molecule has 216 valence electrons. The van der Waals surface area contributed by atoms with Crippen molar-refractivity contribution in [2.24, 2.45) is 0 Å². The SMILES string of the molecule is O=C(c1nnn(Cc2cc(C(F)(F)F)cc(C(F)(F)F)c2)c1-c1ccccn1)c1c(CO)noc1-c1ccccc1Cl. The standard InChI is InChI=1S/C27H16ClF6N5O3/c28-18-6-2-1-5-17(18)25-21(20(13-40)37-42-25)24(41)22-23(19-7-3-4-8-35-19)39(38-36-22)12-14-9-15(26(29,30)31)11-16(10-14)27(32,33)34/h1-11,40H,12-13H2. The third-order valence-corrected chi connectivity index (χ3v) is 6.43. The van der Waals surface area contributed by atoms with Crippen molar-refractivity contribution in [3.05, 3.63) is 106 Å². The van der Waals surface area contributed by atoms with Crippen molar-refractivity contribution in [1.82, 2.24) is 25.1 Å². The Hall–Kier alpha value is -4.56. The van der Waals surface area contributed by atoms with Crippen LogP contribution in [0.5, 0.6) is 0 Å². The number of carbonyl (C=O) groups excluding carboxylic acids is 1. The van der Waals surface area contributed by atoms with Crippen LogP contribution in [0, 0.1) is 0 Å². The van der Waals surface area contributed by atoms with E-state index in [0.717, 1.165) is 4.68 Å². The highest BCUT2D eigenvalue weighted by Gasteiger charge is 2.37. The molecule has 0 radical (unpaired) electrons. The quantitative estimate of drug-likeness (QED) is 0.167. The Morgan fingerprint density at radius 1 is 0.952 bits per heavy atom. The summed E-state index contributed by atoms with van der Waals surface area (Å²) in [7, 11) is 0. The lowest BCUT2D eigenvalue weighted by Crippen LogP contribution is -2.14. The van der Waals surface area contributed by atoms with Crippen LogP contribution in [0.2, 0.25) is 5.02 Å². The first-order valence-corrected chi connectivity index (χ1v) is 12.3. The number of carbonyl (C=O) groups is 1. The van der Waals surface area contributed by atoms with Gasteiger partial charge in [0.2, 0.25) is 5.78 Å². The van der Waals surface area contributed by atoms with E-state index in [9.17, 15) is 36.2 Å². The number of alkyl halides is 6. The fourth-order valence-electron chi connectivity index (χ4n) is 4.23. The van der Waals surface area contributed by atoms with Crippen LogP contribution in [0.3, 0.4) is 0 Å². The Kier molecular flexibility index (Phi) is 7.60. The Morgan fingerprint density at radius 2 is 1.62 bits per heavy atom. The minimum atomic E-state index is -5.06. The van der Waals surface area contributed by atoms with Crippen LogP contribution < -0.4 is 0 Å². The van der Waals surface area contributed by atoms with Gasteiger partial charge in [0.1, 0.15) is 11.4 Å². The second-order valence-corrected chi connectivity index (χ2v) is 9.28. The zero-order valence-electron chi connectivity index (χ0n) is 20.9. The van der Waals surface area contributed by atoms with Crippen LogP contribution in [0.25, 0.3) is 22.7 Å². The molecular weight excluding hydrogens is 592 g/mol. The highest BCUT2D eigenvalue weighted by Crippen LogP contribution is 2.38. The van der Waals surface area contributed by atoms with Gasteiger partial charge in [-0.25, -0.2) is 4.68 Å². The first kappa shape index (κ1) is 29.0. The van der Waals surface area contributed by atoms with Crippen LogP contribution in [-0.2, 0) is 25.5 Å². The Labute approximate surface area is 237 Å². The van der Waals surface area contributed by atoms with E-state index in [1.54, 1.807) is 30.3 Å². The number of rotatable bonds is 7. The molecule has 42 heavy (non-hydrogen) atoms. The summed E-state index contributed by atoms with van der Waals surface area (Å²) in [5.41, 5.74) is -3.92. The third kappa shape index (κ3) is 5.63. The van der Waals surface area contributed by atoms with Gasteiger partial charge in [0.15, 0.2) is 11.5 Å². The number of aliphatic hydroxyl groups is 1. The molecule has 1 N–H and O–H groups in total. The van der Waals surface area contributed by atoms with Gasteiger partial charge in [-0.2, -0.15) is 26.3 Å². The van der Waals surface area contributed by atoms with Gasteiger partial charge < -0.3 is 9.63 Å². The van der Waals surface area contributed by atoms with Crippen molar-refractivity contribution >= 4 is 17.4 Å². The van der Waals surface area contributed by atoms with Crippen molar-refractivity contribution in [1.29, 1.82) is 0 Å². The van der Waals surface area contributed by atoms with Gasteiger partial charge in [-0.3, -0.25) is 9.78 Å². The molecule has 5 aromatic rings. The van der Waals surface area contributed by atoms with E-state index in [1.165, 1.54) is 18.3 Å². The number of hydrogen-bond donors (Lipinski definition) is 1. The molecule has 0 aliphatic rings. The maximum absolute atomic E-state index is 13.9. The number of aliphatic hydroxyl groups excluding tert-OH is 1. The molecule has 5 rings (SSSR count). The van der Waals surface area contributed by atoms with Crippen LogP contribution in [0.15, 0.2) is 71.4 Å². The second kappa shape index (κ2) is 11.0. The van der Waals surface area contributed by atoms with Gasteiger partial charge >= 0.3 is 12.4 Å². The van der Waals surface area contributed by atoms with Gasteiger partial charge in [-0.15, -0.1) is 5.10 Å². The molecule has 8 nitrogen and oxygen atoms in total. The first-order chi connectivity index (χ1) is 19.9. The molecule has 0 atom stereocenters. The summed E-state index contributed by atoms with van der Waals surface area (Å²) in [6.45, 7) is -1.35. The smallest absolute Gasteiger partial charge is 0.390 e. The predicted octanol–water partition coefficient (Wildman–Crippen LogP) is 6.46. The van der Waals surface area contributed by atoms with Crippen molar-refractivity contribution < 1.29 is 40.8 Å². The van der Waals surface area contributed by atoms with Crippen LogP contribution >= 0.6 is 11.6 Å². The van der Waals surface area contributed by atoms with E-state index in [-0.39, 0.29) is 50.8 Å². The van der Waals surface area contributed by atoms with Crippen molar-refractivity contribution in [3.8, 4) is 22.7 Å². The monoisotopic (exact) mass is 607 g/mol. The van der Waals surface area contributed by atoms with Crippen LogP contribution in [0.4, 0.5) is 26.3 Å². The van der Waals surface area contributed by atoms with E-state index in [4.69, 9.17) is 16.1 Å². The van der Waals surface area contributed by atoms with Crippen molar-refractivity contribution in [2.75, 3.05) is 0 Å². The summed E-state index contributed by atoms with van der Waals surface area (Å²) in [4.78, 5) is 18.1. The van der Waals surface area contributed by atoms with E-state index in [0.29, 0.717) is 12.1 Å². The van der Waals surface area contributed by atoms with E-state index in [2.05, 4.69) is 20.5 Å². The highest BCUT2D eigenvalue weighted by atomic mass is 35.5. The summed E-state index contributed by atoms with van der Waals surface area (Å²) < 4.78 is 87.1. The average Bonchev–Trinajstić information content (AvgIpc) is 3.57. The molecule has 0 aliphatic heterocycles. The van der Waals surface area contributed by atoms with E-state index >= 15 is 0 Å². The predicted molar refractivity (Wildman–Crippen MR) is 135 cm³/mol. The molecule has 15 heteroatoms. The van der Waals surface area contributed by atoms with Gasteiger partial charge in [-0.1, -0.05) is 40.2 Å². The topological polar surface area (TPSA) is 107 Å². The first-order valence-electron chi connectivity index (χ1n) is 11.9. The fourth-order valence-corrected chi connectivity index (χ4v) is 4.45. The minimum Gasteiger partial charge on any atom is -0.390 e. The number of aromatic nitrogens is 5. The summed E-state index contributed by atoms with van der Waals surface area (Å²) in [6.07, 6.45) is -8.76. The van der Waals surface area contributed by atoms with E-state index < -0.39 is 48.0 Å². The Morgan fingerprint density at radius 3 is 2.21 bits per heavy atom. The molecule has 0 fully saturated rings. The Bertz CT molecular complexity index is 1730. The molecule has 0 bridgehead atoms. The Balaban J connectivity index is 1.66. The van der Waals surface area contributed by atoms with Gasteiger partial charge in [0, 0.05) is 11.8 Å². The lowest BCUT2D eigenvalue weighted by molar-refractivity contribution is -0.143. The molecule has 0 saturated carbocycles. The van der Waals surface area contributed by atoms with Gasteiger partial charge in [0.25, 0.3) is 0 Å². The molecular formula is C27H16ClF6N5O3. The fraction of sp³-hybridized carbons (Fsp3) is 0.148. The summed E-state index contributed by atoms with van der Waals surface area (Å²) in [6, 6.07) is 12.0. The number of pyridine rings is 1. The molecule has 0 unspecified atom stereocenters. The third-order valence-electron chi connectivity index (χ3n) is 6.10. The van der Waals surface area contributed by atoms with Crippen LogP contribution in [0.1, 0.15) is 38.4 Å². The number of nitrogens with zero attached hydrogens (tertiary/aromatic N) is 5. The molecule has 0 aliphatic carbocycles. The maximum Gasteiger partial charge on any atom is 0.416 e. The molecule has 0 amide bonds. The molecule has 3 heterocycles. The number of halogens is 7. The average molecular weight is 608 g/mol. The lowest BCUT2D eigenvalue weighted by atomic mass is 9.99. The maximum atomic E-state index is 13.9. The summed E-state index contributed by atoms with van der Waals surface area (Å²) in [5.74, 6) is -0.953. The molecule has 3 aromatic heterocycles. The number of hydrogen-bond acceptors (Lipinski definition) is 7. The number of benzene rings is 2. The van der Waals surface area contributed by atoms with Gasteiger partial charge in [-0.05, 0) is 48.0 Å². The second-order valence-electron chi connectivity index (χ2n) is 8.87. The lowest BCUT2D eigenvalue weighted by Gasteiger charge is -2.15. The zero-order valence-corrected chi connectivity index (χ0v) is 21.7. The molecule has 0 spiro atoms. The number of ketones is 1. The zero-order chi connectivity index (χ0) is 30.2. The molecule has 2 aromatic carbocycles. The van der Waals surface area contributed by atoms with Crippen molar-refractivity contribution in [2.45, 2.75) is 25.5 Å². The highest BCUT2D eigenvalue weighted by molar-refractivity contribution is 6.33. The summed E-state index contributed by atoms with van der Waals surface area (Å²) >= 11 is 6.28. The van der Waals surface area contributed by atoms with Crippen LogP contribution in [-0.4, -0.2) is 36.0 Å². The largest absolute Gasteiger partial charge is 0.416 e.